The molecule has 2 rings (SSSR count). The van der Waals surface area contributed by atoms with E-state index in [9.17, 15) is 8.42 Å². The third-order valence-electron chi connectivity index (χ3n) is 2.71. The van der Waals surface area contributed by atoms with Crippen LogP contribution in [-0.2, 0) is 23.6 Å². The van der Waals surface area contributed by atoms with Crippen molar-refractivity contribution in [3.63, 3.8) is 0 Å². The molecule has 0 aliphatic heterocycles. The van der Waals surface area contributed by atoms with E-state index in [2.05, 4.69) is 31.0 Å². The summed E-state index contributed by atoms with van der Waals surface area (Å²) in [6.07, 6.45) is 0. The Kier molecular flexibility index (Phi) is 4.02. The first-order valence-corrected chi connectivity index (χ1v) is 7.79. The van der Waals surface area contributed by atoms with Crippen molar-refractivity contribution in [2.75, 3.05) is 0 Å². The van der Waals surface area contributed by atoms with E-state index in [4.69, 9.17) is 0 Å². The van der Waals surface area contributed by atoms with Crippen molar-refractivity contribution in [3.05, 3.63) is 40.0 Å². The predicted molar refractivity (Wildman–Crippen MR) is 73.9 cm³/mol. The van der Waals surface area contributed by atoms with E-state index in [-0.39, 0.29) is 16.2 Å². The first-order valence-electron chi connectivity index (χ1n) is 5.51. The van der Waals surface area contributed by atoms with Gasteiger partial charge < -0.3 is 0 Å². The second-order valence-corrected chi connectivity index (χ2v) is 6.49. The van der Waals surface area contributed by atoms with Crippen LogP contribution in [0.4, 0.5) is 0 Å². The Morgan fingerprint density at radius 3 is 2.63 bits per heavy atom. The molecule has 0 aliphatic carbocycles. The fourth-order valence-corrected chi connectivity index (χ4v) is 3.75. The van der Waals surface area contributed by atoms with Crippen LogP contribution in [0.1, 0.15) is 11.1 Å². The van der Waals surface area contributed by atoms with Crippen LogP contribution in [0.3, 0.4) is 0 Å². The Labute approximate surface area is 120 Å². The molecule has 1 aromatic carbocycles. The van der Waals surface area contributed by atoms with E-state index in [0.717, 1.165) is 11.1 Å². The molecule has 0 saturated heterocycles. The number of nitrogens with zero attached hydrogens (tertiary/aromatic N) is 3. The normalized spacial score (nSPS) is 11.7. The van der Waals surface area contributed by atoms with E-state index in [1.54, 1.807) is 0 Å². The number of aromatic nitrogens is 3. The van der Waals surface area contributed by atoms with Crippen molar-refractivity contribution >= 4 is 26.0 Å². The van der Waals surface area contributed by atoms with Gasteiger partial charge in [0.2, 0.25) is 5.03 Å². The monoisotopic (exact) mass is 344 g/mol. The van der Waals surface area contributed by atoms with E-state index in [0.29, 0.717) is 0 Å². The lowest BCUT2D eigenvalue weighted by molar-refractivity contribution is 0.560. The van der Waals surface area contributed by atoms with Crippen LogP contribution in [-0.4, -0.2) is 23.4 Å². The molecule has 6 nitrogen and oxygen atoms in total. The summed E-state index contributed by atoms with van der Waals surface area (Å²) >= 11 is 3.08. The predicted octanol–water partition coefficient (Wildman–Crippen LogP) is 1.36. The zero-order chi connectivity index (χ0) is 14.0. The molecular weight excluding hydrogens is 332 g/mol. The number of halogens is 1. The van der Waals surface area contributed by atoms with Crippen LogP contribution in [0.25, 0.3) is 0 Å². The van der Waals surface area contributed by atoms with Gasteiger partial charge in [0.05, 0.1) is 0 Å². The second-order valence-electron chi connectivity index (χ2n) is 4.06. The SMILES string of the molecule is Cc1ccccc1CNS(=O)(=O)c1c(Br)nnn1C. The van der Waals surface area contributed by atoms with Gasteiger partial charge >= 0.3 is 0 Å². The van der Waals surface area contributed by atoms with Crippen molar-refractivity contribution in [1.29, 1.82) is 0 Å². The molecule has 0 spiro atoms. The second kappa shape index (κ2) is 5.40. The molecule has 0 atom stereocenters. The first kappa shape index (κ1) is 14.2. The van der Waals surface area contributed by atoms with Crippen molar-refractivity contribution in [3.8, 4) is 0 Å². The Balaban J connectivity index is 2.22. The Morgan fingerprint density at radius 1 is 1.37 bits per heavy atom. The molecule has 0 saturated carbocycles. The highest BCUT2D eigenvalue weighted by atomic mass is 79.9. The van der Waals surface area contributed by atoms with Crippen molar-refractivity contribution in [2.24, 2.45) is 7.05 Å². The Hall–Kier alpha value is -1.25. The smallest absolute Gasteiger partial charge is 0.235 e. The largest absolute Gasteiger partial charge is 0.260 e. The van der Waals surface area contributed by atoms with Gasteiger partial charge in [-0.2, -0.15) is 0 Å². The molecule has 0 fully saturated rings. The van der Waals surface area contributed by atoms with Gasteiger partial charge in [-0.15, -0.1) is 5.10 Å². The number of sulfonamides is 1. The quantitative estimate of drug-likeness (QED) is 0.908. The molecule has 19 heavy (non-hydrogen) atoms. The van der Waals surface area contributed by atoms with Gasteiger partial charge in [-0.3, -0.25) is 0 Å². The lowest BCUT2D eigenvalue weighted by Gasteiger charge is -2.08. The highest BCUT2D eigenvalue weighted by Gasteiger charge is 2.23. The molecular formula is C11H13BrN4O2S. The standard InChI is InChI=1S/C11H13BrN4O2S/c1-8-5-3-4-6-9(8)7-13-19(17,18)11-10(12)14-15-16(11)2/h3-6,13H,7H2,1-2H3. The molecule has 0 amide bonds. The van der Waals surface area contributed by atoms with E-state index >= 15 is 0 Å². The molecule has 0 unspecified atom stereocenters. The third-order valence-corrected chi connectivity index (χ3v) is 4.99. The Bertz CT molecular complexity index is 677. The van der Waals surface area contributed by atoms with Gasteiger partial charge in [-0.05, 0) is 34.0 Å². The van der Waals surface area contributed by atoms with Gasteiger partial charge in [0.15, 0.2) is 4.60 Å². The van der Waals surface area contributed by atoms with Crippen molar-refractivity contribution in [1.82, 2.24) is 19.7 Å². The molecule has 2 aromatic rings. The van der Waals surface area contributed by atoms with Crippen molar-refractivity contribution < 1.29 is 8.42 Å². The fraction of sp³-hybridized carbons (Fsp3) is 0.273. The lowest BCUT2D eigenvalue weighted by atomic mass is 10.1. The van der Waals surface area contributed by atoms with E-state index in [1.165, 1.54) is 11.7 Å². The van der Waals surface area contributed by atoms with Crippen LogP contribution in [0.2, 0.25) is 0 Å². The maximum Gasteiger partial charge on any atom is 0.260 e. The topological polar surface area (TPSA) is 76.9 Å². The maximum atomic E-state index is 12.2. The molecule has 0 bridgehead atoms. The average Bonchev–Trinajstić information content (AvgIpc) is 2.69. The summed E-state index contributed by atoms with van der Waals surface area (Å²) in [5.41, 5.74) is 1.96. The minimum Gasteiger partial charge on any atom is -0.235 e. The average molecular weight is 345 g/mol. The highest BCUT2D eigenvalue weighted by molar-refractivity contribution is 9.10. The van der Waals surface area contributed by atoms with Gasteiger partial charge in [-0.1, -0.05) is 29.5 Å². The molecule has 1 heterocycles. The van der Waals surface area contributed by atoms with Crippen LogP contribution < -0.4 is 4.72 Å². The highest BCUT2D eigenvalue weighted by Crippen LogP contribution is 2.18. The van der Waals surface area contributed by atoms with Gasteiger partial charge in [0.25, 0.3) is 10.0 Å². The van der Waals surface area contributed by atoms with Crippen molar-refractivity contribution in [2.45, 2.75) is 18.5 Å². The first-order chi connectivity index (χ1) is 8.92. The number of benzene rings is 1. The number of hydrogen-bond acceptors (Lipinski definition) is 4. The number of hydrogen-bond donors (Lipinski definition) is 1. The minimum absolute atomic E-state index is 0.0149. The van der Waals surface area contributed by atoms with Gasteiger partial charge in [-0.25, -0.2) is 17.8 Å². The molecule has 0 radical (unpaired) electrons. The maximum absolute atomic E-state index is 12.2. The minimum atomic E-state index is -3.65. The number of nitrogens with one attached hydrogen (secondary N) is 1. The van der Waals surface area contributed by atoms with E-state index in [1.807, 2.05) is 31.2 Å². The summed E-state index contributed by atoms with van der Waals surface area (Å²) in [6, 6.07) is 7.60. The number of aryl methyl sites for hydroxylation is 2. The third kappa shape index (κ3) is 3.02. The summed E-state index contributed by atoms with van der Waals surface area (Å²) < 4.78 is 28.3. The van der Waals surface area contributed by atoms with Crippen LogP contribution in [0, 0.1) is 6.92 Å². The summed E-state index contributed by atoms with van der Waals surface area (Å²) in [6.45, 7) is 2.16. The summed E-state index contributed by atoms with van der Waals surface area (Å²) in [7, 11) is -2.12. The number of rotatable bonds is 4. The van der Waals surface area contributed by atoms with E-state index < -0.39 is 10.0 Å². The Morgan fingerprint density at radius 2 is 2.05 bits per heavy atom. The molecule has 8 heteroatoms. The summed E-state index contributed by atoms with van der Waals surface area (Å²) in [5.74, 6) is 0. The fourth-order valence-electron chi connectivity index (χ4n) is 1.66. The molecule has 1 N–H and O–H groups in total. The summed E-state index contributed by atoms with van der Waals surface area (Å²) in [5, 5.41) is 7.34. The van der Waals surface area contributed by atoms with Crippen LogP contribution in [0.5, 0.6) is 0 Å². The molecule has 0 aliphatic rings. The van der Waals surface area contributed by atoms with Crippen LogP contribution >= 0.6 is 15.9 Å². The zero-order valence-electron chi connectivity index (χ0n) is 10.5. The summed E-state index contributed by atoms with van der Waals surface area (Å²) in [4.78, 5) is 0. The van der Waals surface area contributed by atoms with Gasteiger partial charge in [0.1, 0.15) is 0 Å². The van der Waals surface area contributed by atoms with Crippen LogP contribution in [0.15, 0.2) is 33.9 Å². The molecule has 102 valence electrons. The lowest BCUT2D eigenvalue weighted by Crippen LogP contribution is -2.26. The van der Waals surface area contributed by atoms with Gasteiger partial charge in [0, 0.05) is 13.6 Å². The zero-order valence-corrected chi connectivity index (χ0v) is 12.9. The molecule has 1 aromatic heterocycles.